The number of benzene rings is 2. The summed E-state index contributed by atoms with van der Waals surface area (Å²) >= 11 is 0. The molecule has 48 heavy (non-hydrogen) atoms. The van der Waals surface area contributed by atoms with Gasteiger partial charge in [-0.15, -0.1) is 0 Å². The average Bonchev–Trinajstić information content (AvgIpc) is 3.46. The third-order valence-electron chi connectivity index (χ3n) is 9.47. The van der Waals surface area contributed by atoms with Crippen LogP contribution in [0.25, 0.3) is 32.9 Å². The molecule has 4 aromatic rings. The van der Waals surface area contributed by atoms with Gasteiger partial charge in [-0.25, -0.2) is 14.6 Å². The lowest BCUT2D eigenvalue weighted by atomic mass is 9.76. The Morgan fingerprint density at radius 1 is 1.10 bits per heavy atom. The lowest BCUT2D eigenvalue weighted by Crippen LogP contribution is -2.41. The van der Waals surface area contributed by atoms with Crippen LogP contribution >= 0.6 is 0 Å². The summed E-state index contributed by atoms with van der Waals surface area (Å²) < 4.78 is 14.5. The second-order valence-corrected chi connectivity index (χ2v) is 14.5. The van der Waals surface area contributed by atoms with Crippen molar-refractivity contribution < 1.29 is 19.4 Å². The summed E-state index contributed by atoms with van der Waals surface area (Å²) in [6.07, 6.45) is 8.01. The number of carbonyl (C=O) groups is 1. The summed E-state index contributed by atoms with van der Waals surface area (Å²) in [5, 5.41) is 15.6. The van der Waals surface area contributed by atoms with Crippen molar-refractivity contribution in [3.8, 4) is 28.1 Å². The molecule has 250 valence electrons. The van der Waals surface area contributed by atoms with Gasteiger partial charge in [-0.05, 0) is 89.5 Å². The van der Waals surface area contributed by atoms with E-state index in [2.05, 4.69) is 41.8 Å². The number of allylic oxidation sites excluding steroid dienone is 1. The first kappa shape index (κ1) is 33.2. The SMILES string of the molecule is [C-]#[N+]c1ccc2c(c1)-c1cccc(c1)-c1cc3nc(C)c([C@H](OC(C)(C)C)C(=O)O)c(n3n1)N1CCC(C)(CCC=CC[C@@H](C)O2)CC1. The number of aliphatic carboxylic acids is 1. The molecule has 2 aromatic carbocycles. The van der Waals surface area contributed by atoms with E-state index in [0.717, 1.165) is 73.5 Å². The van der Waals surface area contributed by atoms with E-state index in [-0.39, 0.29) is 11.5 Å². The largest absolute Gasteiger partial charge is 0.490 e. The van der Waals surface area contributed by atoms with Gasteiger partial charge in [0, 0.05) is 42.4 Å². The minimum atomic E-state index is -1.22. The molecule has 7 rings (SSSR count). The summed E-state index contributed by atoms with van der Waals surface area (Å²) in [5.41, 5.74) is 5.13. The Balaban J connectivity index is 1.55. The molecular formula is C39H45N5O4. The first-order valence-corrected chi connectivity index (χ1v) is 16.8. The standard InChI is InChI=1S/C39H45N5O4/c1-25-12-9-8-10-17-39(6)18-20-43(21-19-39)36-34(35(37(45)46)48-38(3,4)5)26(2)41-33-24-31(42-44(33)36)28-14-11-13-27(22-28)30-23-29(40-7)15-16-32(30)47-25/h8-9,11,13-16,22-25,35H,10,12,17-21H2,1-6H3,(H,45,46)/t25-,35+/m1/s1. The van der Waals surface area contributed by atoms with Gasteiger partial charge in [0.2, 0.25) is 0 Å². The predicted molar refractivity (Wildman–Crippen MR) is 189 cm³/mol. The second-order valence-electron chi connectivity index (χ2n) is 14.5. The zero-order valence-corrected chi connectivity index (χ0v) is 28.8. The van der Waals surface area contributed by atoms with Crippen LogP contribution < -0.4 is 9.64 Å². The van der Waals surface area contributed by atoms with Crippen molar-refractivity contribution in [2.45, 2.75) is 91.5 Å². The molecule has 3 aliphatic heterocycles. The van der Waals surface area contributed by atoms with Gasteiger partial charge in [0.05, 0.1) is 29.5 Å². The lowest BCUT2D eigenvalue weighted by molar-refractivity contribution is -0.160. The van der Waals surface area contributed by atoms with Crippen LogP contribution in [0, 0.1) is 18.9 Å². The molecule has 3 aliphatic rings. The molecule has 1 N–H and O–H groups in total. The average molecular weight is 648 g/mol. The van der Waals surface area contributed by atoms with Crippen molar-refractivity contribution in [3.05, 3.63) is 83.4 Å². The van der Waals surface area contributed by atoms with Gasteiger partial charge in [-0.2, -0.15) is 9.61 Å². The Kier molecular flexibility index (Phi) is 9.06. The van der Waals surface area contributed by atoms with Crippen molar-refractivity contribution in [3.63, 3.8) is 0 Å². The minimum absolute atomic E-state index is 0.0383. The predicted octanol–water partition coefficient (Wildman–Crippen LogP) is 8.98. The molecule has 2 aromatic heterocycles. The molecule has 9 nitrogen and oxygen atoms in total. The van der Waals surface area contributed by atoms with Gasteiger partial charge >= 0.3 is 5.97 Å². The van der Waals surface area contributed by atoms with E-state index in [1.807, 2.05) is 68.6 Å². The second kappa shape index (κ2) is 13.1. The Labute approximate surface area is 283 Å². The Morgan fingerprint density at radius 2 is 1.85 bits per heavy atom. The maximum atomic E-state index is 12.8. The number of piperidine rings is 1. The summed E-state index contributed by atoms with van der Waals surface area (Å²) in [7, 11) is 0. The number of hydrogen-bond acceptors (Lipinski definition) is 6. The highest BCUT2D eigenvalue weighted by Crippen LogP contribution is 2.42. The van der Waals surface area contributed by atoms with Gasteiger partial charge in [-0.1, -0.05) is 43.3 Å². The molecular weight excluding hydrogens is 602 g/mol. The summed E-state index contributed by atoms with van der Waals surface area (Å²) in [5.74, 6) is 0.396. The van der Waals surface area contributed by atoms with E-state index < -0.39 is 17.7 Å². The highest BCUT2D eigenvalue weighted by molar-refractivity contribution is 5.81. The number of aryl methyl sites for hydroxylation is 1. The Bertz CT molecular complexity index is 1910. The number of carboxylic acids is 1. The Hall–Kier alpha value is -4.68. The molecule has 1 saturated heterocycles. The fraction of sp³-hybridized carbons (Fsp3) is 0.436. The van der Waals surface area contributed by atoms with E-state index in [1.54, 1.807) is 6.07 Å². The molecule has 5 heterocycles. The molecule has 2 atom stereocenters. The number of carboxylic acid groups (broad SMARTS) is 1. The molecule has 1 fully saturated rings. The van der Waals surface area contributed by atoms with Gasteiger partial charge in [-0.3, -0.25) is 0 Å². The van der Waals surface area contributed by atoms with Crippen LogP contribution in [0.1, 0.15) is 84.1 Å². The smallest absolute Gasteiger partial charge is 0.337 e. The first-order chi connectivity index (χ1) is 22.8. The van der Waals surface area contributed by atoms with Gasteiger partial charge < -0.3 is 19.5 Å². The number of ether oxygens (including phenoxy) is 2. The molecule has 0 saturated carbocycles. The first-order valence-electron chi connectivity index (χ1n) is 16.8. The molecule has 6 bridgehead atoms. The third kappa shape index (κ3) is 6.95. The summed E-state index contributed by atoms with van der Waals surface area (Å²) in [4.78, 5) is 23.7. The van der Waals surface area contributed by atoms with E-state index in [1.165, 1.54) is 0 Å². The van der Waals surface area contributed by atoms with E-state index in [4.69, 9.17) is 26.1 Å². The highest BCUT2D eigenvalue weighted by atomic mass is 16.5. The van der Waals surface area contributed by atoms with E-state index >= 15 is 0 Å². The lowest BCUT2D eigenvalue weighted by Gasteiger charge is -2.41. The summed E-state index contributed by atoms with van der Waals surface area (Å²) in [6, 6.07) is 15.6. The van der Waals surface area contributed by atoms with Crippen molar-refractivity contribution in [2.75, 3.05) is 18.0 Å². The third-order valence-corrected chi connectivity index (χ3v) is 9.47. The number of hydrogen-bond donors (Lipinski definition) is 1. The fourth-order valence-corrected chi connectivity index (χ4v) is 6.83. The van der Waals surface area contributed by atoms with E-state index in [9.17, 15) is 9.90 Å². The molecule has 0 spiro atoms. The van der Waals surface area contributed by atoms with Gasteiger partial charge in [0.1, 0.15) is 11.6 Å². The normalized spacial score (nSPS) is 20.6. The summed E-state index contributed by atoms with van der Waals surface area (Å²) in [6.45, 7) is 21.1. The fourth-order valence-electron chi connectivity index (χ4n) is 6.83. The zero-order valence-electron chi connectivity index (χ0n) is 28.8. The van der Waals surface area contributed by atoms with Crippen LogP contribution in [0.15, 0.2) is 60.7 Å². The molecule has 0 amide bonds. The van der Waals surface area contributed by atoms with Crippen LogP contribution in [-0.2, 0) is 9.53 Å². The maximum Gasteiger partial charge on any atom is 0.337 e. The van der Waals surface area contributed by atoms with Crippen molar-refractivity contribution >= 4 is 23.1 Å². The quantitative estimate of drug-likeness (QED) is 0.175. The monoisotopic (exact) mass is 647 g/mol. The number of aromatic nitrogens is 3. The van der Waals surface area contributed by atoms with Crippen LogP contribution in [0.3, 0.4) is 0 Å². The van der Waals surface area contributed by atoms with Gasteiger partial charge in [0.15, 0.2) is 17.4 Å². The minimum Gasteiger partial charge on any atom is -0.490 e. The van der Waals surface area contributed by atoms with Crippen LogP contribution in [0.5, 0.6) is 5.75 Å². The number of nitrogens with zero attached hydrogens (tertiary/aromatic N) is 5. The Morgan fingerprint density at radius 3 is 2.56 bits per heavy atom. The zero-order chi connectivity index (χ0) is 34.2. The maximum absolute atomic E-state index is 12.8. The van der Waals surface area contributed by atoms with Gasteiger partial charge in [0.25, 0.3) is 0 Å². The topological polar surface area (TPSA) is 93.5 Å². The number of rotatable bonds is 3. The van der Waals surface area contributed by atoms with Crippen LogP contribution in [0.4, 0.5) is 11.5 Å². The molecule has 0 radical (unpaired) electrons. The molecule has 9 heteroatoms. The van der Waals surface area contributed by atoms with Crippen molar-refractivity contribution in [1.82, 2.24) is 14.6 Å². The van der Waals surface area contributed by atoms with Crippen molar-refractivity contribution in [2.24, 2.45) is 5.41 Å². The molecule has 0 unspecified atom stereocenters. The highest BCUT2D eigenvalue weighted by Gasteiger charge is 2.37. The number of fused-ring (bicyclic) bond motifs is 7. The van der Waals surface area contributed by atoms with Crippen LogP contribution in [-0.4, -0.2) is 50.5 Å². The molecule has 0 aliphatic carbocycles. The van der Waals surface area contributed by atoms with Crippen molar-refractivity contribution in [1.29, 1.82) is 0 Å². The van der Waals surface area contributed by atoms with E-state index in [0.29, 0.717) is 28.3 Å². The number of anilines is 1. The van der Waals surface area contributed by atoms with Crippen LogP contribution in [0.2, 0.25) is 0 Å².